The maximum Gasteiger partial charge on any atom is 0.379 e. The summed E-state index contributed by atoms with van der Waals surface area (Å²) in [7, 11) is 0. The summed E-state index contributed by atoms with van der Waals surface area (Å²) in [6.45, 7) is 8.91. The number of allylic oxidation sites excluding steroid dienone is 5. The SMILES string of the molecule is CC1=C(/C=C/C(C)=C/c2cnc(C(=O)Oc3ccccc3)[nH]2)C(C)(C)CCC1. The maximum absolute atomic E-state index is 12.2. The molecule has 3 rings (SSSR count). The first-order chi connectivity index (χ1) is 13.3. The average Bonchev–Trinajstić information content (AvgIpc) is 3.10. The van der Waals surface area contributed by atoms with Crippen LogP contribution in [0.15, 0.2) is 65.4 Å². The second kappa shape index (κ2) is 8.42. The fraction of sp³-hybridized carbons (Fsp3) is 0.333. The van der Waals surface area contributed by atoms with Crippen LogP contribution in [-0.2, 0) is 0 Å². The molecule has 0 radical (unpaired) electrons. The highest BCUT2D eigenvalue weighted by Gasteiger charge is 2.26. The molecule has 2 aromatic rings. The van der Waals surface area contributed by atoms with Gasteiger partial charge in [-0.1, -0.05) is 49.8 Å². The van der Waals surface area contributed by atoms with Gasteiger partial charge in [0.25, 0.3) is 0 Å². The predicted molar refractivity (Wildman–Crippen MR) is 113 cm³/mol. The first kappa shape index (κ1) is 19.9. The quantitative estimate of drug-likeness (QED) is 0.389. The zero-order valence-corrected chi connectivity index (χ0v) is 17.1. The second-order valence-electron chi connectivity index (χ2n) is 8.04. The molecule has 4 nitrogen and oxygen atoms in total. The summed E-state index contributed by atoms with van der Waals surface area (Å²) in [6.07, 6.45) is 11.7. The summed E-state index contributed by atoms with van der Waals surface area (Å²) in [5, 5.41) is 0. The van der Waals surface area contributed by atoms with Gasteiger partial charge in [-0.3, -0.25) is 0 Å². The van der Waals surface area contributed by atoms with Crippen molar-refractivity contribution < 1.29 is 9.53 Å². The molecule has 0 amide bonds. The fourth-order valence-electron chi connectivity index (χ4n) is 3.67. The van der Waals surface area contributed by atoms with Crippen molar-refractivity contribution >= 4 is 12.0 Å². The molecule has 0 saturated heterocycles. The largest absolute Gasteiger partial charge is 0.421 e. The number of para-hydroxylation sites is 1. The number of H-pyrrole nitrogens is 1. The van der Waals surface area contributed by atoms with Gasteiger partial charge in [-0.25, -0.2) is 9.78 Å². The molecule has 1 heterocycles. The Kier molecular flexibility index (Phi) is 5.98. The second-order valence-corrected chi connectivity index (χ2v) is 8.04. The minimum Gasteiger partial charge on any atom is -0.421 e. The zero-order chi connectivity index (χ0) is 20.1. The molecule has 1 aliphatic rings. The number of rotatable bonds is 5. The Hall–Kier alpha value is -2.88. The predicted octanol–water partition coefficient (Wildman–Crippen LogP) is 6.12. The molecular formula is C24H28N2O2. The minimum atomic E-state index is -0.496. The van der Waals surface area contributed by atoms with Gasteiger partial charge in [0.05, 0.1) is 11.9 Å². The van der Waals surface area contributed by atoms with Gasteiger partial charge >= 0.3 is 5.97 Å². The van der Waals surface area contributed by atoms with E-state index >= 15 is 0 Å². The van der Waals surface area contributed by atoms with Crippen LogP contribution in [0.2, 0.25) is 0 Å². The van der Waals surface area contributed by atoms with Crippen molar-refractivity contribution in [2.24, 2.45) is 5.41 Å². The summed E-state index contributed by atoms with van der Waals surface area (Å²) in [5.74, 6) is 0.196. The smallest absolute Gasteiger partial charge is 0.379 e. The highest BCUT2D eigenvalue weighted by molar-refractivity contribution is 5.87. The number of aromatic amines is 1. The molecule has 0 spiro atoms. The number of hydrogen-bond donors (Lipinski definition) is 1. The lowest BCUT2D eigenvalue weighted by atomic mass is 9.72. The topological polar surface area (TPSA) is 55.0 Å². The van der Waals surface area contributed by atoms with Crippen molar-refractivity contribution in [1.82, 2.24) is 9.97 Å². The van der Waals surface area contributed by atoms with Crippen molar-refractivity contribution in [2.75, 3.05) is 0 Å². The standard InChI is InChI=1S/C24H28N2O2/c1-17(12-13-21-18(2)9-8-14-24(21,3)4)15-19-16-25-22(26-19)23(27)28-20-10-6-5-7-11-20/h5-7,10-13,15-16H,8-9,14H2,1-4H3,(H,25,26)/b13-12+,17-15+. The van der Waals surface area contributed by atoms with Crippen LogP contribution in [0.1, 0.15) is 63.3 Å². The van der Waals surface area contributed by atoms with Gasteiger partial charge in [-0.15, -0.1) is 0 Å². The number of aromatic nitrogens is 2. The first-order valence-corrected chi connectivity index (χ1v) is 9.74. The number of imidazole rings is 1. The molecule has 1 aromatic heterocycles. The van der Waals surface area contributed by atoms with Gasteiger partial charge in [-0.2, -0.15) is 0 Å². The van der Waals surface area contributed by atoms with Crippen LogP contribution in [0.25, 0.3) is 6.08 Å². The van der Waals surface area contributed by atoms with Gasteiger partial charge in [0.2, 0.25) is 5.82 Å². The molecular weight excluding hydrogens is 348 g/mol. The monoisotopic (exact) mass is 376 g/mol. The van der Waals surface area contributed by atoms with Gasteiger partial charge in [-0.05, 0) is 67.9 Å². The van der Waals surface area contributed by atoms with Crippen LogP contribution < -0.4 is 4.74 Å². The summed E-state index contributed by atoms with van der Waals surface area (Å²) < 4.78 is 5.31. The highest BCUT2D eigenvalue weighted by Crippen LogP contribution is 2.40. The number of esters is 1. The van der Waals surface area contributed by atoms with Crippen molar-refractivity contribution in [1.29, 1.82) is 0 Å². The van der Waals surface area contributed by atoms with Crippen LogP contribution in [-0.4, -0.2) is 15.9 Å². The molecule has 0 atom stereocenters. The Balaban J connectivity index is 1.69. The van der Waals surface area contributed by atoms with E-state index in [1.165, 1.54) is 30.4 Å². The third-order valence-corrected chi connectivity index (χ3v) is 5.18. The van der Waals surface area contributed by atoms with E-state index in [0.29, 0.717) is 5.75 Å². The van der Waals surface area contributed by atoms with Crippen LogP contribution >= 0.6 is 0 Å². The van der Waals surface area contributed by atoms with Crippen LogP contribution in [0.4, 0.5) is 0 Å². The number of carbonyl (C=O) groups is 1. The van der Waals surface area contributed by atoms with E-state index in [1.807, 2.05) is 31.2 Å². The van der Waals surface area contributed by atoms with Crippen LogP contribution in [0.3, 0.4) is 0 Å². The summed E-state index contributed by atoms with van der Waals surface area (Å²) in [4.78, 5) is 19.4. The molecule has 28 heavy (non-hydrogen) atoms. The molecule has 0 fully saturated rings. The number of ether oxygens (including phenoxy) is 1. The first-order valence-electron chi connectivity index (χ1n) is 9.74. The maximum atomic E-state index is 12.2. The van der Waals surface area contributed by atoms with Crippen molar-refractivity contribution in [3.63, 3.8) is 0 Å². The number of nitrogens with zero attached hydrogens (tertiary/aromatic N) is 1. The molecule has 0 saturated carbocycles. The van der Waals surface area contributed by atoms with Gasteiger partial charge in [0.1, 0.15) is 5.75 Å². The Bertz CT molecular complexity index is 931. The summed E-state index contributed by atoms with van der Waals surface area (Å²) in [5.41, 5.74) is 5.00. The number of nitrogens with one attached hydrogen (secondary N) is 1. The average molecular weight is 377 g/mol. The molecule has 1 N–H and O–H groups in total. The van der Waals surface area contributed by atoms with E-state index in [1.54, 1.807) is 18.3 Å². The number of hydrogen-bond acceptors (Lipinski definition) is 3. The molecule has 0 bridgehead atoms. The Labute approximate surface area is 167 Å². The van der Waals surface area contributed by atoms with E-state index in [9.17, 15) is 4.79 Å². The summed E-state index contributed by atoms with van der Waals surface area (Å²) >= 11 is 0. The molecule has 1 aromatic carbocycles. The highest BCUT2D eigenvalue weighted by atomic mass is 16.5. The van der Waals surface area contributed by atoms with E-state index in [-0.39, 0.29) is 11.2 Å². The fourth-order valence-corrected chi connectivity index (χ4v) is 3.67. The van der Waals surface area contributed by atoms with Crippen LogP contribution in [0.5, 0.6) is 5.75 Å². The lowest BCUT2D eigenvalue weighted by molar-refractivity contribution is 0.0723. The molecule has 0 unspecified atom stereocenters. The normalized spacial score (nSPS) is 17.2. The van der Waals surface area contributed by atoms with Crippen molar-refractivity contribution in [3.05, 3.63) is 76.9 Å². The van der Waals surface area contributed by atoms with Gasteiger partial charge < -0.3 is 9.72 Å². The molecule has 4 heteroatoms. The lowest BCUT2D eigenvalue weighted by Gasteiger charge is -2.32. The van der Waals surface area contributed by atoms with E-state index < -0.39 is 5.97 Å². The Morgan fingerprint density at radius 2 is 2.00 bits per heavy atom. The number of benzene rings is 1. The molecule has 1 aliphatic carbocycles. The number of carbonyl (C=O) groups excluding carboxylic acids is 1. The Morgan fingerprint density at radius 3 is 2.71 bits per heavy atom. The molecule has 146 valence electrons. The lowest BCUT2D eigenvalue weighted by Crippen LogP contribution is -2.19. The van der Waals surface area contributed by atoms with E-state index in [0.717, 1.165) is 11.3 Å². The molecule has 0 aliphatic heterocycles. The van der Waals surface area contributed by atoms with Crippen molar-refractivity contribution in [2.45, 2.75) is 47.0 Å². The Morgan fingerprint density at radius 1 is 1.25 bits per heavy atom. The van der Waals surface area contributed by atoms with E-state index in [2.05, 4.69) is 42.9 Å². The van der Waals surface area contributed by atoms with Gasteiger partial charge in [0.15, 0.2) is 0 Å². The zero-order valence-electron chi connectivity index (χ0n) is 17.1. The summed E-state index contributed by atoms with van der Waals surface area (Å²) in [6, 6.07) is 8.98. The third-order valence-electron chi connectivity index (χ3n) is 5.18. The minimum absolute atomic E-state index is 0.193. The van der Waals surface area contributed by atoms with Crippen molar-refractivity contribution in [3.8, 4) is 5.75 Å². The van der Waals surface area contributed by atoms with E-state index in [4.69, 9.17) is 4.74 Å². The van der Waals surface area contributed by atoms with Gasteiger partial charge in [0, 0.05) is 0 Å². The van der Waals surface area contributed by atoms with Crippen LogP contribution in [0, 0.1) is 5.41 Å². The third kappa shape index (κ3) is 4.89.